The molecule has 5 heteroatoms. The van der Waals surface area contributed by atoms with Crippen molar-refractivity contribution in [2.45, 2.75) is 45.6 Å². The van der Waals surface area contributed by atoms with Crippen molar-refractivity contribution in [2.24, 2.45) is 5.92 Å². The molecule has 1 N–H and O–H groups in total. The van der Waals surface area contributed by atoms with Gasteiger partial charge in [0.05, 0.1) is 0 Å². The van der Waals surface area contributed by atoms with Crippen molar-refractivity contribution in [3.05, 3.63) is 35.6 Å². The van der Waals surface area contributed by atoms with Gasteiger partial charge in [-0.25, -0.2) is 4.39 Å². The average Bonchev–Trinajstić information content (AvgIpc) is 2.56. The predicted octanol–water partition coefficient (Wildman–Crippen LogP) is 3.77. The van der Waals surface area contributed by atoms with Crippen molar-refractivity contribution in [3.8, 4) is 0 Å². The fourth-order valence-electron chi connectivity index (χ4n) is 2.96. The van der Waals surface area contributed by atoms with Gasteiger partial charge in [0.15, 0.2) is 0 Å². The first-order chi connectivity index (χ1) is 10.7. The minimum atomic E-state index is -0.231. The van der Waals surface area contributed by atoms with E-state index in [1.165, 1.54) is 12.1 Å². The summed E-state index contributed by atoms with van der Waals surface area (Å²) in [6.45, 7) is 5.41. The van der Waals surface area contributed by atoms with Crippen LogP contribution in [-0.2, 0) is 11.3 Å². The second-order valence-corrected chi connectivity index (χ2v) is 6.12. The molecule has 0 saturated carbocycles. The minimum absolute atomic E-state index is 0. The van der Waals surface area contributed by atoms with Crippen LogP contribution >= 0.6 is 12.4 Å². The zero-order valence-electron chi connectivity index (χ0n) is 13.9. The van der Waals surface area contributed by atoms with E-state index >= 15 is 0 Å². The monoisotopic (exact) mass is 342 g/mol. The van der Waals surface area contributed by atoms with Crippen LogP contribution in [0.1, 0.15) is 44.6 Å². The number of hydrogen-bond acceptors (Lipinski definition) is 2. The number of rotatable bonds is 7. The van der Waals surface area contributed by atoms with Crippen LogP contribution in [0.25, 0.3) is 0 Å². The number of amides is 1. The highest BCUT2D eigenvalue weighted by molar-refractivity contribution is 5.85. The summed E-state index contributed by atoms with van der Waals surface area (Å²) in [5, 5.41) is 3.30. The van der Waals surface area contributed by atoms with E-state index in [0.29, 0.717) is 6.54 Å². The fourth-order valence-corrected chi connectivity index (χ4v) is 2.96. The topological polar surface area (TPSA) is 32.3 Å². The van der Waals surface area contributed by atoms with Crippen molar-refractivity contribution >= 4 is 18.3 Å². The molecule has 0 spiro atoms. The molecule has 0 bridgehead atoms. The van der Waals surface area contributed by atoms with Gasteiger partial charge in [-0.3, -0.25) is 4.79 Å². The SMILES string of the molecule is CCCCCN(Cc1ccc(F)cc1)C(=O)C1CCNCC1.Cl. The van der Waals surface area contributed by atoms with E-state index in [0.717, 1.165) is 57.3 Å². The van der Waals surface area contributed by atoms with E-state index in [1.807, 2.05) is 4.90 Å². The molecule has 130 valence electrons. The van der Waals surface area contributed by atoms with E-state index in [9.17, 15) is 9.18 Å². The molecule has 1 saturated heterocycles. The molecule has 1 heterocycles. The highest BCUT2D eigenvalue weighted by atomic mass is 35.5. The Hall–Kier alpha value is -1.13. The highest BCUT2D eigenvalue weighted by Gasteiger charge is 2.25. The molecule has 1 aliphatic rings. The molecule has 0 radical (unpaired) electrons. The largest absolute Gasteiger partial charge is 0.338 e. The molecular formula is C18H28ClFN2O. The molecule has 1 aliphatic heterocycles. The molecule has 2 rings (SSSR count). The standard InChI is InChI=1S/C18H27FN2O.ClH/c1-2-3-4-13-21(14-15-5-7-17(19)8-6-15)18(22)16-9-11-20-12-10-16;/h5-8,16,20H,2-4,9-14H2,1H3;1H. The van der Waals surface area contributed by atoms with Gasteiger partial charge in [0.2, 0.25) is 5.91 Å². The van der Waals surface area contributed by atoms with E-state index in [4.69, 9.17) is 0 Å². The van der Waals surface area contributed by atoms with Crippen LogP contribution in [0.15, 0.2) is 24.3 Å². The summed E-state index contributed by atoms with van der Waals surface area (Å²) < 4.78 is 13.0. The first-order valence-corrected chi connectivity index (χ1v) is 8.44. The molecule has 1 fully saturated rings. The molecule has 1 aromatic carbocycles. The van der Waals surface area contributed by atoms with Crippen molar-refractivity contribution in [2.75, 3.05) is 19.6 Å². The summed E-state index contributed by atoms with van der Waals surface area (Å²) >= 11 is 0. The number of piperidine rings is 1. The van der Waals surface area contributed by atoms with Gasteiger partial charge in [-0.15, -0.1) is 12.4 Å². The Labute approximate surface area is 145 Å². The van der Waals surface area contributed by atoms with Crippen LogP contribution in [0.4, 0.5) is 4.39 Å². The summed E-state index contributed by atoms with van der Waals surface area (Å²) in [6.07, 6.45) is 5.17. The lowest BCUT2D eigenvalue weighted by molar-refractivity contribution is -0.137. The third kappa shape index (κ3) is 6.48. The number of nitrogens with zero attached hydrogens (tertiary/aromatic N) is 1. The number of unbranched alkanes of at least 4 members (excludes halogenated alkanes) is 2. The smallest absolute Gasteiger partial charge is 0.226 e. The van der Waals surface area contributed by atoms with Crippen LogP contribution in [0, 0.1) is 11.7 Å². The van der Waals surface area contributed by atoms with Gasteiger partial charge in [-0.1, -0.05) is 31.9 Å². The summed E-state index contributed by atoms with van der Waals surface area (Å²) in [5.74, 6) is 0.177. The molecule has 0 aromatic heterocycles. The molecule has 0 aliphatic carbocycles. The summed E-state index contributed by atoms with van der Waals surface area (Å²) in [6, 6.07) is 6.48. The second kappa shape index (κ2) is 10.6. The molecular weight excluding hydrogens is 315 g/mol. The van der Waals surface area contributed by atoms with Gasteiger partial charge in [-0.2, -0.15) is 0 Å². The first kappa shape index (κ1) is 19.9. The first-order valence-electron chi connectivity index (χ1n) is 8.44. The Bertz CT molecular complexity index is 461. The van der Waals surface area contributed by atoms with Crippen molar-refractivity contribution in [1.29, 1.82) is 0 Å². The van der Waals surface area contributed by atoms with Crippen LogP contribution in [0.5, 0.6) is 0 Å². The third-order valence-electron chi connectivity index (χ3n) is 4.32. The average molecular weight is 343 g/mol. The van der Waals surface area contributed by atoms with Crippen LogP contribution in [-0.4, -0.2) is 30.4 Å². The Morgan fingerprint density at radius 1 is 1.22 bits per heavy atom. The van der Waals surface area contributed by atoms with Gasteiger partial charge in [0.1, 0.15) is 5.82 Å². The number of halogens is 2. The van der Waals surface area contributed by atoms with Crippen molar-refractivity contribution in [3.63, 3.8) is 0 Å². The zero-order valence-corrected chi connectivity index (χ0v) is 14.7. The molecule has 0 atom stereocenters. The van der Waals surface area contributed by atoms with Gasteiger partial charge >= 0.3 is 0 Å². The molecule has 23 heavy (non-hydrogen) atoms. The van der Waals surface area contributed by atoms with E-state index < -0.39 is 0 Å². The maximum absolute atomic E-state index is 13.0. The Morgan fingerprint density at radius 2 is 1.87 bits per heavy atom. The normalized spacial score (nSPS) is 15.0. The summed E-state index contributed by atoms with van der Waals surface area (Å²) in [7, 11) is 0. The van der Waals surface area contributed by atoms with Crippen LogP contribution in [0.2, 0.25) is 0 Å². The zero-order chi connectivity index (χ0) is 15.8. The van der Waals surface area contributed by atoms with Gasteiger partial charge in [0.25, 0.3) is 0 Å². The summed E-state index contributed by atoms with van der Waals surface area (Å²) in [4.78, 5) is 14.8. The maximum Gasteiger partial charge on any atom is 0.226 e. The van der Waals surface area contributed by atoms with Gasteiger partial charge in [-0.05, 0) is 50.0 Å². The highest BCUT2D eigenvalue weighted by Crippen LogP contribution is 2.18. The number of carbonyl (C=O) groups excluding carboxylic acids is 1. The lowest BCUT2D eigenvalue weighted by atomic mass is 9.96. The number of nitrogens with one attached hydrogen (secondary N) is 1. The maximum atomic E-state index is 13.0. The Morgan fingerprint density at radius 3 is 2.48 bits per heavy atom. The Kier molecular flexibility index (Phi) is 9.19. The van der Waals surface area contributed by atoms with Gasteiger partial charge in [0, 0.05) is 19.0 Å². The molecule has 1 amide bonds. The third-order valence-corrected chi connectivity index (χ3v) is 4.32. The molecule has 0 unspecified atom stereocenters. The second-order valence-electron chi connectivity index (χ2n) is 6.12. The minimum Gasteiger partial charge on any atom is -0.338 e. The van der Waals surface area contributed by atoms with Crippen LogP contribution in [0.3, 0.4) is 0 Å². The van der Waals surface area contributed by atoms with Crippen molar-refractivity contribution in [1.82, 2.24) is 10.2 Å². The van der Waals surface area contributed by atoms with Crippen molar-refractivity contribution < 1.29 is 9.18 Å². The summed E-state index contributed by atoms with van der Waals surface area (Å²) in [5.41, 5.74) is 1.00. The van der Waals surface area contributed by atoms with Gasteiger partial charge < -0.3 is 10.2 Å². The fraction of sp³-hybridized carbons (Fsp3) is 0.611. The number of benzene rings is 1. The predicted molar refractivity (Wildman–Crippen MR) is 94.2 cm³/mol. The number of hydrogen-bond donors (Lipinski definition) is 1. The van der Waals surface area contributed by atoms with Crippen LogP contribution < -0.4 is 5.32 Å². The van der Waals surface area contributed by atoms with E-state index in [1.54, 1.807) is 12.1 Å². The Balaban J connectivity index is 0.00000264. The quantitative estimate of drug-likeness (QED) is 0.765. The van der Waals surface area contributed by atoms with E-state index in [2.05, 4.69) is 12.2 Å². The van der Waals surface area contributed by atoms with E-state index in [-0.39, 0.29) is 30.0 Å². The number of carbonyl (C=O) groups is 1. The molecule has 3 nitrogen and oxygen atoms in total. The lowest BCUT2D eigenvalue weighted by Crippen LogP contribution is -2.41. The molecule has 1 aromatic rings. The lowest BCUT2D eigenvalue weighted by Gasteiger charge is -2.30.